The highest BCUT2D eigenvalue weighted by molar-refractivity contribution is 6.09. The maximum absolute atomic E-state index is 5.04. The van der Waals surface area contributed by atoms with Crippen molar-refractivity contribution in [2.24, 2.45) is 0 Å². The average molecular weight is 489 g/mol. The largest absolute Gasteiger partial charge is 0.309 e. The molecule has 0 aliphatic heterocycles. The molecule has 0 radical (unpaired) electrons. The lowest BCUT2D eigenvalue weighted by Gasteiger charge is -2.15. The van der Waals surface area contributed by atoms with Crippen LogP contribution in [0.2, 0.25) is 0 Å². The first-order valence-corrected chi connectivity index (χ1v) is 12.7. The third kappa shape index (κ3) is 3.75. The first kappa shape index (κ1) is 22.1. The van der Waals surface area contributed by atoms with Crippen LogP contribution in [0.1, 0.15) is 5.56 Å². The number of benzene rings is 5. The van der Waals surface area contributed by atoms with Gasteiger partial charge in [0, 0.05) is 27.5 Å². The van der Waals surface area contributed by atoms with E-state index in [4.69, 9.17) is 15.0 Å². The van der Waals surface area contributed by atoms with Crippen LogP contribution in [0.25, 0.3) is 61.7 Å². The van der Waals surface area contributed by atoms with E-state index >= 15 is 0 Å². The van der Waals surface area contributed by atoms with Crippen molar-refractivity contribution < 1.29 is 0 Å². The van der Waals surface area contributed by atoms with Gasteiger partial charge in [0.15, 0.2) is 17.5 Å². The van der Waals surface area contributed by atoms with Gasteiger partial charge >= 0.3 is 0 Å². The van der Waals surface area contributed by atoms with E-state index in [1.54, 1.807) is 0 Å². The lowest BCUT2D eigenvalue weighted by Crippen LogP contribution is -2.04. The maximum atomic E-state index is 5.04. The highest BCUT2D eigenvalue weighted by Crippen LogP contribution is 2.36. The monoisotopic (exact) mass is 488 g/mol. The zero-order valence-electron chi connectivity index (χ0n) is 20.9. The van der Waals surface area contributed by atoms with Gasteiger partial charge in [-0.3, -0.25) is 0 Å². The smallest absolute Gasteiger partial charge is 0.166 e. The number of para-hydroxylation sites is 2. The molecule has 0 bridgehead atoms. The Labute approximate surface area is 220 Å². The second-order valence-corrected chi connectivity index (χ2v) is 9.43. The van der Waals surface area contributed by atoms with Crippen LogP contribution in [0.3, 0.4) is 0 Å². The Hall–Kier alpha value is -5.09. The maximum Gasteiger partial charge on any atom is 0.166 e. The first-order valence-electron chi connectivity index (χ1n) is 12.7. The summed E-state index contributed by atoms with van der Waals surface area (Å²) in [6, 6.07) is 43.8. The number of aromatic nitrogens is 4. The van der Waals surface area contributed by atoms with Crippen LogP contribution in [0.15, 0.2) is 127 Å². The number of hydrogen-bond donors (Lipinski definition) is 0. The van der Waals surface area contributed by atoms with Crippen molar-refractivity contribution in [1.29, 1.82) is 0 Å². The average Bonchev–Trinajstić information content (AvgIpc) is 3.32. The molecule has 2 heterocycles. The number of hydrogen-bond acceptors (Lipinski definition) is 3. The number of rotatable bonds is 4. The summed E-state index contributed by atoms with van der Waals surface area (Å²) >= 11 is 0. The van der Waals surface area contributed by atoms with Crippen molar-refractivity contribution in [3.63, 3.8) is 0 Å². The number of fused-ring (bicyclic) bond motifs is 3. The van der Waals surface area contributed by atoms with E-state index in [1.807, 2.05) is 60.7 Å². The van der Waals surface area contributed by atoms with E-state index in [9.17, 15) is 0 Å². The van der Waals surface area contributed by atoms with Crippen LogP contribution in [-0.4, -0.2) is 19.5 Å². The van der Waals surface area contributed by atoms with E-state index in [-0.39, 0.29) is 0 Å². The van der Waals surface area contributed by atoms with Gasteiger partial charge in [-0.15, -0.1) is 0 Å². The van der Waals surface area contributed by atoms with Crippen molar-refractivity contribution in [3.05, 3.63) is 133 Å². The first-order chi connectivity index (χ1) is 18.8. The molecule has 0 saturated heterocycles. The Balaban J connectivity index is 1.54. The molecule has 38 heavy (non-hydrogen) atoms. The third-order valence-electron chi connectivity index (χ3n) is 6.91. The molecule has 0 unspecified atom stereocenters. The minimum absolute atomic E-state index is 0.651. The van der Waals surface area contributed by atoms with Gasteiger partial charge in [0.2, 0.25) is 0 Å². The predicted octanol–water partition coefficient (Wildman–Crippen LogP) is 8.28. The molecule has 0 spiro atoms. The van der Waals surface area contributed by atoms with Gasteiger partial charge in [-0.2, -0.15) is 0 Å². The van der Waals surface area contributed by atoms with Gasteiger partial charge in [-0.05, 0) is 31.2 Å². The summed E-state index contributed by atoms with van der Waals surface area (Å²) < 4.78 is 2.33. The molecule has 7 aromatic rings. The summed E-state index contributed by atoms with van der Waals surface area (Å²) in [6.45, 7) is 2.11. The predicted molar refractivity (Wildman–Crippen MR) is 155 cm³/mol. The molecule has 4 nitrogen and oxygen atoms in total. The molecule has 0 fully saturated rings. The molecule has 4 heteroatoms. The molecule has 5 aromatic carbocycles. The lowest BCUT2D eigenvalue weighted by molar-refractivity contribution is 1.06. The van der Waals surface area contributed by atoms with E-state index in [1.165, 1.54) is 10.8 Å². The highest BCUT2D eigenvalue weighted by atomic mass is 15.1. The quantitative estimate of drug-likeness (QED) is 0.250. The van der Waals surface area contributed by atoms with Crippen LogP contribution in [-0.2, 0) is 0 Å². The summed E-state index contributed by atoms with van der Waals surface area (Å²) in [4.78, 5) is 15.0. The van der Waals surface area contributed by atoms with Crippen LogP contribution in [0.4, 0.5) is 0 Å². The van der Waals surface area contributed by atoms with Crippen molar-refractivity contribution in [3.8, 4) is 39.9 Å². The molecule has 7 rings (SSSR count). The molecule has 2 aromatic heterocycles. The summed E-state index contributed by atoms with van der Waals surface area (Å²) in [5, 5.41) is 2.44. The summed E-state index contributed by atoms with van der Waals surface area (Å²) in [7, 11) is 0. The fourth-order valence-corrected chi connectivity index (χ4v) is 5.14. The van der Waals surface area contributed by atoms with Gasteiger partial charge in [-0.1, -0.05) is 109 Å². The number of nitrogens with zero attached hydrogens (tertiary/aromatic N) is 4. The fourth-order valence-electron chi connectivity index (χ4n) is 5.14. The van der Waals surface area contributed by atoms with Crippen LogP contribution in [0.5, 0.6) is 0 Å². The topological polar surface area (TPSA) is 43.6 Å². The zero-order valence-corrected chi connectivity index (χ0v) is 20.9. The van der Waals surface area contributed by atoms with Crippen LogP contribution in [0, 0.1) is 6.92 Å². The highest BCUT2D eigenvalue weighted by Gasteiger charge is 2.19. The molecule has 0 aliphatic carbocycles. The molecule has 0 amide bonds. The molecule has 0 aliphatic rings. The van der Waals surface area contributed by atoms with Crippen LogP contribution < -0.4 is 0 Å². The summed E-state index contributed by atoms with van der Waals surface area (Å²) in [6.07, 6.45) is 0. The van der Waals surface area contributed by atoms with Crippen molar-refractivity contribution in [1.82, 2.24) is 19.5 Å². The Morgan fingerprint density at radius 3 is 1.50 bits per heavy atom. The van der Waals surface area contributed by atoms with Crippen molar-refractivity contribution in [2.45, 2.75) is 6.92 Å². The second kappa shape index (κ2) is 9.09. The fraction of sp³-hybridized carbons (Fsp3) is 0.0294. The SMILES string of the molecule is Cc1ccc(-n2c3ccccc3c3ccccc32)c(-c2nc(-c3ccccc3)nc(-c3ccccc3)n2)c1. The zero-order chi connectivity index (χ0) is 25.5. The number of aryl methyl sites for hydroxylation is 1. The van der Waals surface area contributed by atoms with E-state index in [0.29, 0.717) is 17.5 Å². The summed E-state index contributed by atoms with van der Waals surface area (Å²) in [5.41, 5.74) is 7.37. The molecule has 0 atom stereocenters. The van der Waals surface area contributed by atoms with E-state index in [2.05, 4.69) is 78.2 Å². The normalized spacial score (nSPS) is 11.3. The standard InChI is InChI=1S/C34H24N4/c1-23-20-21-31(38-29-18-10-8-16-26(29)27-17-9-11-19-30(27)38)28(22-23)34-36-32(24-12-4-2-5-13-24)35-33(37-34)25-14-6-3-7-15-25/h2-22H,1H3. The minimum Gasteiger partial charge on any atom is -0.309 e. The van der Waals surface area contributed by atoms with E-state index < -0.39 is 0 Å². The van der Waals surface area contributed by atoms with Crippen molar-refractivity contribution in [2.75, 3.05) is 0 Å². The van der Waals surface area contributed by atoms with Gasteiger partial charge in [0.05, 0.1) is 16.7 Å². The molecule has 180 valence electrons. The van der Waals surface area contributed by atoms with Gasteiger partial charge in [-0.25, -0.2) is 15.0 Å². The van der Waals surface area contributed by atoms with Crippen molar-refractivity contribution >= 4 is 21.8 Å². The van der Waals surface area contributed by atoms with Gasteiger partial charge in [0.25, 0.3) is 0 Å². The molecular formula is C34H24N4. The lowest BCUT2D eigenvalue weighted by atomic mass is 10.1. The molecule has 0 N–H and O–H groups in total. The van der Waals surface area contributed by atoms with Gasteiger partial charge < -0.3 is 4.57 Å². The van der Waals surface area contributed by atoms with Crippen LogP contribution >= 0.6 is 0 Å². The minimum atomic E-state index is 0.651. The molecule has 0 saturated carbocycles. The summed E-state index contributed by atoms with van der Waals surface area (Å²) in [5.74, 6) is 1.96. The second-order valence-electron chi connectivity index (χ2n) is 9.43. The van der Waals surface area contributed by atoms with E-state index in [0.717, 1.165) is 39.0 Å². The van der Waals surface area contributed by atoms with Gasteiger partial charge in [0.1, 0.15) is 0 Å². The Bertz CT molecular complexity index is 1810. The third-order valence-corrected chi connectivity index (χ3v) is 6.91. The Morgan fingerprint density at radius 1 is 0.474 bits per heavy atom. The Morgan fingerprint density at radius 2 is 0.947 bits per heavy atom. The molecular weight excluding hydrogens is 464 g/mol. The Kier molecular flexibility index (Phi) is 5.30.